The summed E-state index contributed by atoms with van der Waals surface area (Å²) in [5, 5.41) is 3.51. The highest BCUT2D eigenvalue weighted by Crippen LogP contribution is 2.23. The van der Waals surface area contributed by atoms with Crippen molar-refractivity contribution in [2.75, 3.05) is 26.2 Å². The summed E-state index contributed by atoms with van der Waals surface area (Å²) in [6.07, 6.45) is -2.57. The van der Waals surface area contributed by atoms with Gasteiger partial charge in [0.25, 0.3) is 0 Å². The van der Waals surface area contributed by atoms with Crippen LogP contribution >= 0.6 is 0 Å². The van der Waals surface area contributed by atoms with Crippen molar-refractivity contribution in [3.05, 3.63) is 0 Å². The van der Waals surface area contributed by atoms with Gasteiger partial charge in [-0.15, -0.1) is 13.2 Å². The first kappa shape index (κ1) is 15.7. The Labute approximate surface area is 107 Å². The fourth-order valence-corrected chi connectivity index (χ4v) is 2.40. The number of hydrogen-bond acceptors (Lipinski definition) is 3. The fourth-order valence-electron chi connectivity index (χ4n) is 2.40. The fraction of sp³-hybridized carbons (Fsp3) is 1.00. The summed E-state index contributed by atoms with van der Waals surface area (Å²) >= 11 is 0. The number of halogens is 3. The third-order valence-corrected chi connectivity index (χ3v) is 3.90. The van der Waals surface area contributed by atoms with E-state index in [1.165, 1.54) is 0 Å². The highest BCUT2D eigenvalue weighted by atomic mass is 19.4. The summed E-state index contributed by atoms with van der Waals surface area (Å²) in [5.74, 6) is 0. The lowest BCUT2D eigenvalue weighted by Gasteiger charge is -2.46. The Hall–Kier alpha value is -0.330. The zero-order valence-electron chi connectivity index (χ0n) is 11.3. The summed E-state index contributed by atoms with van der Waals surface area (Å²) in [6, 6.07) is 0.244. The third kappa shape index (κ3) is 4.40. The van der Waals surface area contributed by atoms with Gasteiger partial charge >= 0.3 is 6.36 Å². The Morgan fingerprint density at radius 2 is 1.94 bits per heavy atom. The molecule has 0 amide bonds. The van der Waals surface area contributed by atoms with Crippen LogP contribution in [-0.2, 0) is 4.74 Å². The zero-order chi connectivity index (χ0) is 13.8. The van der Waals surface area contributed by atoms with Gasteiger partial charge in [-0.2, -0.15) is 0 Å². The first-order valence-corrected chi connectivity index (χ1v) is 6.51. The molecule has 1 heterocycles. The maximum atomic E-state index is 11.9. The van der Waals surface area contributed by atoms with Crippen molar-refractivity contribution in [1.82, 2.24) is 10.2 Å². The van der Waals surface area contributed by atoms with E-state index < -0.39 is 6.36 Å². The highest BCUT2D eigenvalue weighted by molar-refractivity contribution is 4.95. The predicted molar refractivity (Wildman–Crippen MR) is 64.4 cm³/mol. The lowest BCUT2D eigenvalue weighted by Crippen LogP contribution is -2.63. The Kier molecular flexibility index (Phi) is 5.43. The van der Waals surface area contributed by atoms with Crippen LogP contribution in [0.1, 0.15) is 33.6 Å². The van der Waals surface area contributed by atoms with Crippen molar-refractivity contribution in [2.45, 2.75) is 51.6 Å². The van der Waals surface area contributed by atoms with Crippen LogP contribution in [0, 0.1) is 0 Å². The van der Waals surface area contributed by atoms with E-state index >= 15 is 0 Å². The van der Waals surface area contributed by atoms with E-state index in [0.717, 1.165) is 25.9 Å². The molecule has 18 heavy (non-hydrogen) atoms. The first-order chi connectivity index (χ1) is 8.32. The number of nitrogens with zero attached hydrogens (tertiary/aromatic N) is 1. The molecule has 0 aromatic carbocycles. The van der Waals surface area contributed by atoms with Crippen LogP contribution in [0.2, 0.25) is 0 Å². The van der Waals surface area contributed by atoms with Gasteiger partial charge in [-0.05, 0) is 19.8 Å². The molecule has 1 N–H and O–H groups in total. The van der Waals surface area contributed by atoms with Gasteiger partial charge in [0, 0.05) is 31.2 Å². The number of rotatable bonds is 5. The summed E-state index contributed by atoms with van der Waals surface area (Å²) in [6.45, 7) is 7.86. The molecule has 6 heteroatoms. The average molecular weight is 268 g/mol. The SMILES string of the molecule is CCC1(CC)CN(CCOC(F)(F)F)C(C)CN1. The van der Waals surface area contributed by atoms with Crippen LogP contribution in [0.3, 0.4) is 0 Å². The second-order valence-corrected chi connectivity index (χ2v) is 4.98. The Balaban J connectivity index is 2.47. The van der Waals surface area contributed by atoms with Gasteiger partial charge < -0.3 is 5.32 Å². The maximum Gasteiger partial charge on any atom is 0.522 e. The summed E-state index contributed by atoms with van der Waals surface area (Å²) < 4.78 is 39.7. The molecule has 108 valence electrons. The van der Waals surface area contributed by atoms with Crippen molar-refractivity contribution in [1.29, 1.82) is 0 Å². The van der Waals surface area contributed by atoms with Gasteiger partial charge in [-0.25, -0.2) is 0 Å². The van der Waals surface area contributed by atoms with E-state index in [-0.39, 0.29) is 18.2 Å². The van der Waals surface area contributed by atoms with Crippen molar-refractivity contribution in [2.24, 2.45) is 0 Å². The molecule has 0 radical (unpaired) electrons. The minimum absolute atomic E-state index is 0.0325. The monoisotopic (exact) mass is 268 g/mol. The molecule has 0 aromatic heterocycles. The van der Waals surface area contributed by atoms with Crippen LogP contribution in [0.4, 0.5) is 13.2 Å². The van der Waals surface area contributed by atoms with E-state index in [0.29, 0.717) is 6.54 Å². The molecule has 1 aliphatic heterocycles. The van der Waals surface area contributed by atoms with Gasteiger partial charge in [-0.1, -0.05) is 13.8 Å². The quantitative estimate of drug-likeness (QED) is 0.828. The van der Waals surface area contributed by atoms with E-state index in [1.54, 1.807) is 0 Å². The predicted octanol–water partition coefficient (Wildman–Crippen LogP) is 2.38. The van der Waals surface area contributed by atoms with Crippen LogP contribution in [0.5, 0.6) is 0 Å². The number of hydrogen-bond donors (Lipinski definition) is 1. The number of alkyl halides is 3. The van der Waals surface area contributed by atoms with Gasteiger partial charge in [0.1, 0.15) is 0 Å². The minimum atomic E-state index is -4.52. The zero-order valence-corrected chi connectivity index (χ0v) is 11.3. The third-order valence-electron chi connectivity index (χ3n) is 3.90. The van der Waals surface area contributed by atoms with Gasteiger partial charge in [0.05, 0.1) is 6.61 Å². The van der Waals surface area contributed by atoms with Crippen molar-refractivity contribution < 1.29 is 17.9 Å². The smallest absolute Gasteiger partial charge is 0.308 e. The van der Waals surface area contributed by atoms with E-state index in [1.807, 2.05) is 6.92 Å². The Bertz CT molecular complexity index is 254. The lowest BCUT2D eigenvalue weighted by molar-refractivity contribution is -0.325. The molecule has 0 bridgehead atoms. The van der Waals surface area contributed by atoms with Crippen LogP contribution < -0.4 is 5.32 Å². The number of piperazine rings is 1. The molecule has 1 aliphatic rings. The molecule has 0 spiro atoms. The first-order valence-electron chi connectivity index (χ1n) is 6.51. The van der Waals surface area contributed by atoms with E-state index in [9.17, 15) is 13.2 Å². The average Bonchev–Trinajstić information content (AvgIpc) is 2.30. The van der Waals surface area contributed by atoms with E-state index in [2.05, 4.69) is 28.8 Å². The number of ether oxygens (including phenoxy) is 1. The molecule has 1 atom stereocenters. The molecular weight excluding hydrogens is 245 g/mol. The lowest BCUT2D eigenvalue weighted by atomic mass is 9.89. The number of nitrogens with one attached hydrogen (secondary N) is 1. The van der Waals surface area contributed by atoms with Crippen LogP contribution in [-0.4, -0.2) is 49.1 Å². The molecule has 0 aromatic rings. The summed E-state index contributed by atoms with van der Waals surface area (Å²) in [4.78, 5) is 2.08. The molecule has 0 saturated carbocycles. The van der Waals surface area contributed by atoms with Crippen LogP contribution in [0.15, 0.2) is 0 Å². The summed E-state index contributed by atoms with van der Waals surface area (Å²) in [7, 11) is 0. The normalized spacial score (nSPS) is 25.3. The summed E-state index contributed by atoms with van der Waals surface area (Å²) in [5.41, 5.74) is 0.0325. The highest BCUT2D eigenvalue weighted by Gasteiger charge is 2.35. The van der Waals surface area contributed by atoms with Crippen molar-refractivity contribution in [3.8, 4) is 0 Å². The van der Waals surface area contributed by atoms with Crippen LogP contribution in [0.25, 0.3) is 0 Å². The molecule has 1 saturated heterocycles. The topological polar surface area (TPSA) is 24.5 Å². The van der Waals surface area contributed by atoms with Gasteiger partial charge in [-0.3, -0.25) is 9.64 Å². The van der Waals surface area contributed by atoms with Crippen molar-refractivity contribution in [3.63, 3.8) is 0 Å². The maximum absolute atomic E-state index is 11.9. The molecule has 1 unspecified atom stereocenters. The van der Waals surface area contributed by atoms with Gasteiger partial charge in [0.15, 0.2) is 0 Å². The second kappa shape index (κ2) is 6.21. The van der Waals surface area contributed by atoms with Gasteiger partial charge in [0.2, 0.25) is 0 Å². The standard InChI is InChI=1S/C12H23F3N2O/c1-4-11(5-2)9-17(10(3)8-16-11)6-7-18-12(13,14)15/h10,16H,4-9H2,1-3H3. The molecule has 0 aliphatic carbocycles. The second-order valence-electron chi connectivity index (χ2n) is 4.98. The Morgan fingerprint density at radius 1 is 1.33 bits per heavy atom. The largest absolute Gasteiger partial charge is 0.522 e. The molecule has 3 nitrogen and oxygen atoms in total. The van der Waals surface area contributed by atoms with E-state index in [4.69, 9.17) is 0 Å². The van der Waals surface area contributed by atoms with Crippen molar-refractivity contribution >= 4 is 0 Å². The molecule has 1 rings (SSSR count). The minimum Gasteiger partial charge on any atom is -0.308 e. The Morgan fingerprint density at radius 3 is 2.44 bits per heavy atom. The molecular formula is C12H23F3N2O. The molecule has 1 fully saturated rings.